The maximum absolute atomic E-state index is 13.0. The summed E-state index contributed by atoms with van der Waals surface area (Å²) < 4.78 is 14.3. The van der Waals surface area contributed by atoms with Crippen molar-refractivity contribution in [3.05, 3.63) is 85.3 Å². The normalized spacial score (nSPS) is 16.6. The molecule has 0 unspecified atom stereocenters. The van der Waals surface area contributed by atoms with Crippen molar-refractivity contribution in [1.29, 1.82) is 0 Å². The number of carbonyl (C=O) groups is 2. The second kappa shape index (κ2) is 14.9. The fourth-order valence-corrected chi connectivity index (χ4v) is 5.95. The number of carboxylic acid groups (broad SMARTS) is 1. The first-order valence-electron chi connectivity index (χ1n) is 15.7. The first kappa shape index (κ1) is 31.1. The number of piperidine rings is 1. The van der Waals surface area contributed by atoms with Crippen molar-refractivity contribution in [3.8, 4) is 23.1 Å². The van der Waals surface area contributed by atoms with Crippen molar-refractivity contribution in [2.45, 2.75) is 18.9 Å². The van der Waals surface area contributed by atoms with E-state index in [-0.39, 0.29) is 11.9 Å². The van der Waals surface area contributed by atoms with E-state index in [0.717, 1.165) is 62.3 Å². The van der Waals surface area contributed by atoms with Crippen molar-refractivity contribution < 1.29 is 24.2 Å². The number of piperazine rings is 1. The molecular weight excluding hydrogens is 586 g/mol. The van der Waals surface area contributed by atoms with Gasteiger partial charge in [-0.1, -0.05) is 24.3 Å². The van der Waals surface area contributed by atoms with E-state index in [2.05, 4.69) is 29.7 Å². The molecule has 0 aliphatic carbocycles. The molecule has 2 N–H and O–H groups in total. The van der Waals surface area contributed by atoms with Gasteiger partial charge < -0.3 is 29.4 Å². The predicted molar refractivity (Wildman–Crippen MR) is 173 cm³/mol. The van der Waals surface area contributed by atoms with Gasteiger partial charge in [-0.05, 0) is 55.3 Å². The van der Waals surface area contributed by atoms with Crippen molar-refractivity contribution in [2.75, 3.05) is 58.9 Å². The molecule has 2 fully saturated rings. The number of amides is 2. The van der Waals surface area contributed by atoms with Gasteiger partial charge in [-0.3, -0.25) is 14.6 Å². The van der Waals surface area contributed by atoms with Gasteiger partial charge in [0.2, 0.25) is 11.8 Å². The summed E-state index contributed by atoms with van der Waals surface area (Å²) in [5.41, 5.74) is 1.66. The lowest BCUT2D eigenvalue weighted by Crippen LogP contribution is -2.48. The number of fused-ring (bicyclic) bond motifs is 1. The molecule has 2 aromatic heterocycles. The fourth-order valence-electron chi connectivity index (χ4n) is 5.95. The van der Waals surface area contributed by atoms with E-state index in [0.29, 0.717) is 43.6 Å². The van der Waals surface area contributed by atoms with Crippen LogP contribution < -0.4 is 14.8 Å². The number of hydrogen-bond acceptors (Lipinski definition) is 8. The Morgan fingerprint density at radius 3 is 2.24 bits per heavy atom. The van der Waals surface area contributed by atoms with E-state index in [1.807, 2.05) is 77.8 Å². The van der Waals surface area contributed by atoms with Crippen LogP contribution in [0.15, 0.2) is 85.3 Å². The Morgan fingerprint density at radius 1 is 0.848 bits per heavy atom. The quantitative estimate of drug-likeness (QED) is 0.230. The number of para-hydroxylation sites is 1. The second-order valence-corrected chi connectivity index (χ2v) is 11.5. The topological polar surface area (TPSA) is 125 Å². The molecule has 0 bridgehead atoms. The minimum Gasteiger partial charge on any atom is -0.465 e. The highest BCUT2D eigenvalue weighted by molar-refractivity contribution is 5.87. The summed E-state index contributed by atoms with van der Waals surface area (Å²) in [5, 5.41) is 11.1. The number of aromatic nitrogens is 3. The van der Waals surface area contributed by atoms with Gasteiger partial charge in [-0.25, -0.2) is 9.78 Å². The summed E-state index contributed by atoms with van der Waals surface area (Å²) in [4.78, 5) is 39.0. The highest BCUT2D eigenvalue weighted by atomic mass is 16.5. The Bertz CT molecular complexity index is 1630. The molecule has 240 valence electrons. The molecule has 0 atom stereocenters. The van der Waals surface area contributed by atoms with Crippen LogP contribution in [0, 0.1) is 0 Å². The van der Waals surface area contributed by atoms with Crippen LogP contribution in [0.3, 0.4) is 0 Å². The highest BCUT2D eigenvalue weighted by Crippen LogP contribution is 2.34. The molecule has 2 aliphatic rings. The molecule has 4 heterocycles. The number of ether oxygens (including phenoxy) is 2. The van der Waals surface area contributed by atoms with Gasteiger partial charge in [0.05, 0.1) is 5.52 Å². The minimum absolute atomic E-state index is 0.0428. The fraction of sp³-hybridized carbons (Fsp3) is 0.353. The number of nitrogens with zero attached hydrogens (tertiary/aromatic N) is 6. The van der Waals surface area contributed by atoms with Crippen molar-refractivity contribution >= 4 is 23.0 Å². The molecule has 2 aromatic carbocycles. The largest absolute Gasteiger partial charge is 0.465 e. The third-order valence-electron chi connectivity index (χ3n) is 8.45. The number of carbonyl (C=O) groups excluding carboxylic acids is 1. The molecule has 0 spiro atoms. The standard InChI is InChI=1S/C34H39N7O5/c42-31(7-4-16-38-21-23-39(24-22-38)20-15-35-34(43)44)40-17-12-26(13-18-40)41-19-14-30-32(41)33(37-25-36-30)46-29-10-8-28(9-11-29)45-27-5-2-1-3-6-27/h1-11,14,19,25-26,35H,12-13,15-18,20-24H2,(H,43,44). The number of nitrogens with one attached hydrogen (secondary N) is 1. The molecule has 12 nitrogen and oxygen atoms in total. The summed E-state index contributed by atoms with van der Waals surface area (Å²) in [6.07, 6.45) is 7.86. The molecule has 2 amide bonds. The number of rotatable bonds is 11. The Morgan fingerprint density at radius 2 is 1.52 bits per heavy atom. The molecule has 12 heteroatoms. The van der Waals surface area contributed by atoms with E-state index < -0.39 is 6.09 Å². The summed E-state index contributed by atoms with van der Waals surface area (Å²) in [6, 6.07) is 19.3. The van der Waals surface area contributed by atoms with Gasteiger partial charge in [-0.15, -0.1) is 0 Å². The van der Waals surface area contributed by atoms with Gasteiger partial charge in [0.15, 0.2) is 0 Å². The molecule has 46 heavy (non-hydrogen) atoms. The van der Waals surface area contributed by atoms with Gasteiger partial charge >= 0.3 is 6.09 Å². The van der Waals surface area contributed by atoms with Crippen LogP contribution >= 0.6 is 0 Å². The van der Waals surface area contributed by atoms with Gasteiger partial charge in [0.1, 0.15) is 29.1 Å². The van der Waals surface area contributed by atoms with E-state index in [1.165, 1.54) is 6.33 Å². The minimum atomic E-state index is -0.988. The third-order valence-corrected chi connectivity index (χ3v) is 8.45. The van der Waals surface area contributed by atoms with Crippen LogP contribution in [0.1, 0.15) is 18.9 Å². The molecule has 2 saturated heterocycles. The second-order valence-electron chi connectivity index (χ2n) is 11.5. The van der Waals surface area contributed by atoms with E-state index in [4.69, 9.17) is 14.6 Å². The number of likely N-dealkylation sites (tertiary alicyclic amines) is 1. The summed E-state index contributed by atoms with van der Waals surface area (Å²) in [6.45, 7) is 6.78. The molecule has 4 aromatic rings. The molecule has 0 radical (unpaired) electrons. The average molecular weight is 626 g/mol. The third kappa shape index (κ3) is 8.01. The maximum atomic E-state index is 13.0. The smallest absolute Gasteiger partial charge is 0.404 e. The van der Waals surface area contributed by atoms with Gasteiger partial charge in [0.25, 0.3) is 0 Å². The zero-order valence-corrected chi connectivity index (χ0v) is 25.7. The van der Waals surface area contributed by atoms with Gasteiger partial charge in [-0.2, -0.15) is 4.98 Å². The lowest BCUT2D eigenvalue weighted by Gasteiger charge is -2.34. The van der Waals surface area contributed by atoms with Gasteiger partial charge in [0, 0.05) is 77.2 Å². The van der Waals surface area contributed by atoms with E-state index in [1.54, 1.807) is 6.08 Å². The molecule has 2 aliphatic heterocycles. The Hall–Kier alpha value is -4.94. The average Bonchev–Trinajstić information content (AvgIpc) is 3.52. The number of hydrogen-bond donors (Lipinski definition) is 2. The maximum Gasteiger partial charge on any atom is 0.404 e. The zero-order chi connectivity index (χ0) is 31.7. The van der Waals surface area contributed by atoms with Crippen LogP contribution in [-0.2, 0) is 4.79 Å². The van der Waals surface area contributed by atoms with Crippen LogP contribution in [0.25, 0.3) is 11.0 Å². The summed E-state index contributed by atoms with van der Waals surface area (Å²) in [7, 11) is 0. The van der Waals surface area contributed by atoms with Crippen LogP contribution in [0.4, 0.5) is 4.79 Å². The molecule has 0 saturated carbocycles. The molecular formula is C34H39N7O5. The summed E-state index contributed by atoms with van der Waals surface area (Å²) >= 11 is 0. The predicted octanol–water partition coefficient (Wildman–Crippen LogP) is 4.62. The highest BCUT2D eigenvalue weighted by Gasteiger charge is 2.25. The Balaban J connectivity index is 0.996. The summed E-state index contributed by atoms with van der Waals surface area (Å²) in [5.74, 6) is 2.67. The van der Waals surface area contributed by atoms with Crippen molar-refractivity contribution in [3.63, 3.8) is 0 Å². The van der Waals surface area contributed by atoms with Crippen LogP contribution in [0.2, 0.25) is 0 Å². The Labute approximate surface area is 267 Å². The Kier molecular flexibility index (Phi) is 10.1. The lowest BCUT2D eigenvalue weighted by atomic mass is 10.0. The SMILES string of the molecule is O=C(O)NCCN1CCN(CC=CC(=O)N2CCC(n3ccc4ncnc(Oc5ccc(Oc6ccccc6)cc5)c43)CC2)CC1. The van der Waals surface area contributed by atoms with Crippen LogP contribution in [0.5, 0.6) is 23.1 Å². The van der Waals surface area contributed by atoms with Crippen LogP contribution in [-0.4, -0.2) is 105 Å². The lowest BCUT2D eigenvalue weighted by molar-refractivity contribution is -0.127. The monoisotopic (exact) mass is 625 g/mol. The zero-order valence-electron chi connectivity index (χ0n) is 25.7. The first-order valence-corrected chi connectivity index (χ1v) is 15.7. The van der Waals surface area contributed by atoms with Crippen molar-refractivity contribution in [1.82, 2.24) is 34.6 Å². The van der Waals surface area contributed by atoms with E-state index in [9.17, 15) is 9.59 Å². The first-order chi connectivity index (χ1) is 22.5. The van der Waals surface area contributed by atoms with Crippen molar-refractivity contribution in [2.24, 2.45) is 0 Å². The van der Waals surface area contributed by atoms with E-state index >= 15 is 0 Å². The molecule has 6 rings (SSSR count). The number of benzene rings is 2.